The summed E-state index contributed by atoms with van der Waals surface area (Å²) in [6.45, 7) is 1.88. The summed E-state index contributed by atoms with van der Waals surface area (Å²) in [4.78, 5) is 28.7. The number of carbonyl (C=O) groups excluding carboxylic acids is 2. The van der Waals surface area contributed by atoms with Gasteiger partial charge in [0.05, 0.1) is 12.8 Å². The van der Waals surface area contributed by atoms with Crippen molar-refractivity contribution in [3.8, 4) is 0 Å². The molecule has 0 saturated carbocycles. The Labute approximate surface area is 150 Å². The lowest BCUT2D eigenvalue weighted by atomic mass is 10.2. The van der Waals surface area contributed by atoms with Crippen LogP contribution in [0.5, 0.6) is 0 Å². The number of halogens is 1. The zero-order chi connectivity index (χ0) is 17.3. The van der Waals surface area contributed by atoms with Crippen molar-refractivity contribution in [2.75, 3.05) is 12.4 Å². The first-order valence-corrected chi connectivity index (χ1v) is 8.71. The van der Waals surface area contributed by atoms with Crippen LogP contribution in [0, 0.1) is 0 Å². The van der Waals surface area contributed by atoms with Gasteiger partial charge in [-0.15, -0.1) is 0 Å². The maximum atomic E-state index is 12.4. The van der Waals surface area contributed by atoms with Crippen LogP contribution in [0.25, 0.3) is 11.0 Å². The summed E-state index contributed by atoms with van der Waals surface area (Å²) in [6.07, 6.45) is 0.565. The van der Waals surface area contributed by atoms with E-state index in [2.05, 4.69) is 26.2 Å². The van der Waals surface area contributed by atoms with E-state index in [0.717, 1.165) is 21.2 Å². The fourth-order valence-electron chi connectivity index (χ4n) is 2.18. The molecular formula is C16H13BrN2O4S. The lowest BCUT2D eigenvalue weighted by Crippen LogP contribution is -2.10. The highest BCUT2D eigenvalue weighted by Crippen LogP contribution is 2.27. The van der Waals surface area contributed by atoms with Crippen molar-refractivity contribution in [2.24, 2.45) is 0 Å². The number of rotatable bonds is 4. The summed E-state index contributed by atoms with van der Waals surface area (Å²) in [5.41, 5.74) is 1.21. The van der Waals surface area contributed by atoms with E-state index < -0.39 is 11.9 Å². The van der Waals surface area contributed by atoms with E-state index in [1.165, 1.54) is 7.11 Å². The number of esters is 1. The molecule has 0 aliphatic rings. The summed E-state index contributed by atoms with van der Waals surface area (Å²) in [5.74, 6) is -0.704. The normalized spacial score (nSPS) is 10.8. The standard InChI is InChI=1S/C16H13BrN2O4S/c1-3-10-13(15(21)22-2)24-16(18-10)19-14(20)12-7-8-6-9(17)4-5-11(8)23-12/h4-7H,3H2,1-2H3,(H,18,19,20). The van der Waals surface area contributed by atoms with Crippen LogP contribution in [-0.2, 0) is 11.2 Å². The fraction of sp³-hybridized carbons (Fsp3) is 0.188. The molecule has 8 heteroatoms. The quantitative estimate of drug-likeness (QED) is 0.652. The number of ether oxygens (including phenoxy) is 1. The first-order chi connectivity index (χ1) is 11.5. The Balaban J connectivity index is 1.85. The third kappa shape index (κ3) is 3.20. The summed E-state index contributed by atoms with van der Waals surface area (Å²) in [7, 11) is 1.31. The molecule has 3 rings (SSSR count). The van der Waals surface area contributed by atoms with Gasteiger partial charge in [-0.3, -0.25) is 10.1 Å². The highest BCUT2D eigenvalue weighted by Gasteiger charge is 2.20. The Morgan fingerprint density at radius 2 is 2.17 bits per heavy atom. The molecular weight excluding hydrogens is 396 g/mol. The smallest absolute Gasteiger partial charge is 0.350 e. The van der Waals surface area contributed by atoms with Crippen LogP contribution in [0.4, 0.5) is 5.13 Å². The minimum atomic E-state index is -0.460. The van der Waals surface area contributed by atoms with E-state index >= 15 is 0 Å². The number of hydrogen-bond donors (Lipinski definition) is 1. The van der Waals surface area contributed by atoms with E-state index in [4.69, 9.17) is 9.15 Å². The highest BCUT2D eigenvalue weighted by atomic mass is 79.9. The third-order valence-electron chi connectivity index (χ3n) is 3.33. The number of aryl methyl sites for hydroxylation is 1. The minimum Gasteiger partial charge on any atom is -0.465 e. The second-order valence-electron chi connectivity index (χ2n) is 4.89. The Morgan fingerprint density at radius 1 is 1.38 bits per heavy atom. The lowest BCUT2D eigenvalue weighted by Gasteiger charge is -1.96. The zero-order valence-corrected chi connectivity index (χ0v) is 15.3. The van der Waals surface area contributed by atoms with Crippen molar-refractivity contribution in [1.29, 1.82) is 0 Å². The molecule has 1 N–H and O–H groups in total. The number of hydrogen-bond acceptors (Lipinski definition) is 6. The predicted molar refractivity (Wildman–Crippen MR) is 94.7 cm³/mol. The number of carbonyl (C=O) groups is 2. The van der Waals surface area contributed by atoms with Gasteiger partial charge in [0.1, 0.15) is 10.5 Å². The molecule has 0 unspecified atom stereocenters. The van der Waals surface area contributed by atoms with E-state index in [-0.39, 0.29) is 5.76 Å². The summed E-state index contributed by atoms with van der Waals surface area (Å²) in [5, 5.41) is 3.81. The minimum absolute atomic E-state index is 0.177. The topological polar surface area (TPSA) is 81.4 Å². The Hall–Kier alpha value is -2.19. The molecule has 2 heterocycles. The summed E-state index contributed by atoms with van der Waals surface area (Å²) >= 11 is 4.46. The van der Waals surface area contributed by atoms with Crippen molar-refractivity contribution in [2.45, 2.75) is 13.3 Å². The first-order valence-electron chi connectivity index (χ1n) is 7.10. The van der Waals surface area contributed by atoms with Crippen LogP contribution in [0.2, 0.25) is 0 Å². The van der Waals surface area contributed by atoms with Crippen LogP contribution in [0.1, 0.15) is 32.8 Å². The number of thiazole rings is 1. The molecule has 24 heavy (non-hydrogen) atoms. The largest absolute Gasteiger partial charge is 0.465 e. The number of furan rings is 1. The first kappa shape index (κ1) is 16.7. The lowest BCUT2D eigenvalue weighted by molar-refractivity contribution is 0.0604. The van der Waals surface area contributed by atoms with Gasteiger partial charge in [0.15, 0.2) is 10.9 Å². The number of aromatic nitrogens is 1. The van der Waals surface area contributed by atoms with Gasteiger partial charge < -0.3 is 9.15 Å². The molecule has 0 fully saturated rings. The second-order valence-corrected chi connectivity index (χ2v) is 6.80. The zero-order valence-electron chi connectivity index (χ0n) is 12.9. The molecule has 3 aromatic rings. The molecule has 0 saturated heterocycles. The van der Waals surface area contributed by atoms with E-state index in [1.54, 1.807) is 12.1 Å². The van der Waals surface area contributed by atoms with Crippen LogP contribution >= 0.6 is 27.3 Å². The summed E-state index contributed by atoms with van der Waals surface area (Å²) < 4.78 is 11.2. The van der Waals surface area contributed by atoms with Crippen LogP contribution in [-0.4, -0.2) is 24.0 Å². The molecule has 0 atom stereocenters. The van der Waals surface area contributed by atoms with Crippen molar-refractivity contribution in [3.05, 3.63) is 45.1 Å². The Kier molecular flexibility index (Phi) is 4.68. The van der Waals surface area contributed by atoms with Gasteiger partial charge in [-0.05, 0) is 30.7 Å². The Bertz CT molecular complexity index is 931. The summed E-state index contributed by atoms with van der Waals surface area (Å²) in [6, 6.07) is 7.14. The van der Waals surface area contributed by atoms with Crippen LogP contribution in [0.15, 0.2) is 33.2 Å². The predicted octanol–water partition coefficient (Wildman–Crippen LogP) is 4.25. The van der Waals surface area contributed by atoms with Gasteiger partial charge in [-0.2, -0.15) is 0 Å². The van der Waals surface area contributed by atoms with Crippen molar-refractivity contribution >= 4 is 55.2 Å². The third-order valence-corrected chi connectivity index (χ3v) is 4.81. The van der Waals surface area contributed by atoms with Gasteiger partial charge >= 0.3 is 5.97 Å². The molecule has 0 radical (unpaired) electrons. The number of nitrogens with one attached hydrogen (secondary N) is 1. The highest BCUT2D eigenvalue weighted by molar-refractivity contribution is 9.10. The van der Waals surface area contributed by atoms with E-state index in [1.807, 2.05) is 19.1 Å². The molecule has 0 aliphatic carbocycles. The molecule has 0 spiro atoms. The van der Waals surface area contributed by atoms with Gasteiger partial charge in [0, 0.05) is 9.86 Å². The number of benzene rings is 1. The molecule has 0 bridgehead atoms. The molecule has 0 aliphatic heterocycles. The molecule has 1 amide bonds. The number of methoxy groups -OCH3 is 1. The van der Waals surface area contributed by atoms with Crippen molar-refractivity contribution in [3.63, 3.8) is 0 Å². The van der Waals surface area contributed by atoms with Gasteiger partial charge in [-0.25, -0.2) is 9.78 Å². The SMILES string of the molecule is CCc1nc(NC(=O)c2cc3cc(Br)ccc3o2)sc1C(=O)OC. The molecule has 2 aromatic heterocycles. The molecule has 1 aromatic carbocycles. The average Bonchev–Trinajstić information content (AvgIpc) is 3.17. The van der Waals surface area contributed by atoms with Gasteiger partial charge in [0.25, 0.3) is 5.91 Å². The Morgan fingerprint density at radius 3 is 2.88 bits per heavy atom. The fourth-order valence-corrected chi connectivity index (χ4v) is 3.53. The number of fused-ring (bicyclic) bond motifs is 1. The van der Waals surface area contributed by atoms with Gasteiger partial charge in [-0.1, -0.05) is 34.2 Å². The van der Waals surface area contributed by atoms with Gasteiger partial charge in [0.2, 0.25) is 0 Å². The number of amides is 1. The maximum Gasteiger partial charge on any atom is 0.350 e. The van der Waals surface area contributed by atoms with Crippen LogP contribution in [0.3, 0.4) is 0 Å². The van der Waals surface area contributed by atoms with E-state index in [9.17, 15) is 9.59 Å². The average molecular weight is 409 g/mol. The number of nitrogens with zero attached hydrogens (tertiary/aromatic N) is 1. The second kappa shape index (κ2) is 6.74. The maximum absolute atomic E-state index is 12.4. The molecule has 124 valence electrons. The van der Waals surface area contributed by atoms with Crippen molar-refractivity contribution in [1.82, 2.24) is 4.98 Å². The van der Waals surface area contributed by atoms with Crippen molar-refractivity contribution < 1.29 is 18.7 Å². The van der Waals surface area contributed by atoms with E-state index in [0.29, 0.717) is 27.7 Å². The molecule has 6 nitrogen and oxygen atoms in total. The van der Waals surface area contributed by atoms with Crippen LogP contribution < -0.4 is 5.32 Å². The monoisotopic (exact) mass is 408 g/mol. The number of anilines is 1.